The lowest BCUT2D eigenvalue weighted by Crippen LogP contribution is -2.50. The maximum Gasteiger partial charge on any atom is 0.262 e. The van der Waals surface area contributed by atoms with Crippen molar-refractivity contribution in [3.8, 4) is 0 Å². The first-order chi connectivity index (χ1) is 12.3. The molecular formula is C17H28N4O4S. The minimum atomic E-state index is -3.58. The van der Waals surface area contributed by atoms with Gasteiger partial charge in [0.25, 0.3) is 10.0 Å². The summed E-state index contributed by atoms with van der Waals surface area (Å²) in [5.41, 5.74) is 0. The Balaban J connectivity index is 1.71. The largest absolute Gasteiger partial charge is 0.379 e. The molecule has 1 aromatic rings. The van der Waals surface area contributed by atoms with E-state index in [0.717, 1.165) is 19.3 Å². The van der Waals surface area contributed by atoms with E-state index >= 15 is 0 Å². The number of methoxy groups -OCH3 is 1. The average Bonchev–Trinajstić information content (AvgIpc) is 3.20. The lowest BCUT2D eigenvalue weighted by Gasteiger charge is -2.37. The van der Waals surface area contributed by atoms with Gasteiger partial charge < -0.3 is 14.6 Å². The number of aryl methyl sites for hydroxylation is 1. The van der Waals surface area contributed by atoms with Crippen LogP contribution >= 0.6 is 0 Å². The van der Waals surface area contributed by atoms with Crippen LogP contribution < -0.4 is 5.32 Å². The van der Waals surface area contributed by atoms with Crippen molar-refractivity contribution in [1.82, 2.24) is 19.2 Å². The van der Waals surface area contributed by atoms with Gasteiger partial charge in [-0.15, -0.1) is 0 Å². The number of imidazole rings is 1. The standard InChI is InChI=1S/C17H28N4O4S/c1-4-5-16(22)19-14-6-12-8-21(9-13(12)7-15(14)25-3)26(23,24)17-10-20(2)11-18-17/h10-15H,4-9H2,1-3H3,(H,19,22)/t12-,13+,14-,15-/m0/s1. The summed E-state index contributed by atoms with van der Waals surface area (Å²) in [5.74, 6) is 0.513. The highest BCUT2D eigenvalue weighted by atomic mass is 32.2. The van der Waals surface area contributed by atoms with E-state index in [1.54, 1.807) is 18.7 Å². The Morgan fingerprint density at radius 3 is 2.62 bits per heavy atom. The maximum atomic E-state index is 12.8. The van der Waals surface area contributed by atoms with Crippen molar-refractivity contribution in [2.45, 2.75) is 49.8 Å². The molecular weight excluding hydrogens is 356 g/mol. The first-order valence-electron chi connectivity index (χ1n) is 9.15. The lowest BCUT2D eigenvalue weighted by atomic mass is 9.77. The van der Waals surface area contributed by atoms with Gasteiger partial charge in [0.15, 0.2) is 5.03 Å². The predicted octanol–water partition coefficient (Wildman–Crippen LogP) is 0.751. The van der Waals surface area contributed by atoms with Crippen LogP contribution in [0.4, 0.5) is 0 Å². The third kappa shape index (κ3) is 3.79. The molecule has 3 rings (SSSR count). The SMILES string of the molecule is CCCC(=O)N[C@H]1C[C@H]2CN(S(=O)(=O)c3cn(C)cn3)C[C@H]2C[C@@H]1OC. The fourth-order valence-electron chi connectivity index (χ4n) is 4.14. The van der Waals surface area contributed by atoms with Crippen molar-refractivity contribution in [3.63, 3.8) is 0 Å². The van der Waals surface area contributed by atoms with E-state index in [1.807, 2.05) is 6.92 Å². The number of rotatable bonds is 6. The summed E-state index contributed by atoms with van der Waals surface area (Å²) in [5, 5.41) is 3.17. The molecule has 0 spiro atoms. The molecule has 2 aliphatic rings. The van der Waals surface area contributed by atoms with Crippen molar-refractivity contribution < 1.29 is 17.9 Å². The quantitative estimate of drug-likeness (QED) is 0.781. The van der Waals surface area contributed by atoms with Crippen LogP contribution in [0.25, 0.3) is 0 Å². The summed E-state index contributed by atoms with van der Waals surface area (Å²) in [4.78, 5) is 16.0. The molecule has 1 saturated carbocycles. The Hall–Kier alpha value is -1.45. The Morgan fingerprint density at radius 1 is 1.35 bits per heavy atom. The fourth-order valence-corrected chi connectivity index (χ4v) is 5.66. The average molecular weight is 385 g/mol. The van der Waals surface area contributed by atoms with Gasteiger partial charge in [0.2, 0.25) is 5.91 Å². The van der Waals surface area contributed by atoms with Crippen LogP contribution in [0, 0.1) is 11.8 Å². The number of hydrogen-bond donors (Lipinski definition) is 1. The zero-order chi connectivity index (χ0) is 18.9. The third-order valence-corrected chi connectivity index (χ3v) is 7.21. The van der Waals surface area contributed by atoms with Crippen molar-refractivity contribution in [2.75, 3.05) is 20.2 Å². The molecule has 0 bridgehead atoms. The lowest BCUT2D eigenvalue weighted by molar-refractivity contribution is -0.123. The van der Waals surface area contributed by atoms with Crippen molar-refractivity contribution >= 4 is 15.9 Å². The number of hydrogen-bond acceptors (Lipinski definition) is 5. The zero-order valence-electron chi connectivity index (χ0n) is 15.6. The summed E-state index contributed by atoms with van der Waals surface area (Å²) in [6.45, 7) is 2.93. The monoisotopic (exact) mass is 384 g/mol. The van der Waals surface area contributed by atoms with E-state index in [0.29, 0.717) is 19.5 Å². The summed E-state index contributed by atoms with van der Waals surface area (Å²) in [6, 6.07) is -0.0576. The van der Waals surface area contributed by atoms with Gasteiger partial charge in [0, 0.05) is 39.9 Å². The van der Waals surface area contributed by atoms with Gasteiger partial charge in [0.1, 0.15) is 0 Å². The van der Waals surface area contributed by atoms with Crippen LogP contribution in [0.15, 0.2) is 17.6 Å². The highest BCUT2D eigenvalue weighted by Crippen LogP contribution is 2.39. The summed E-state index contributed by atoms with van der Waals surface area (Å²) in [6.07, 6.45) is 5.76. The molecule has 1 aromatic heterocycles. The Morgan fingerprint density at radius 2 is 2.04 bits per heavy atom. The molecule has 1 aliphatic heterocycles. The maximum absolute atomic E-state index is 12.8. The molecule has 26 heavy (non-hydrogen) atoms. The Bertz CT molecular complexity index is 748. The zero-order valence-corrected chi connectivity index (χ0v) is 16.4. The van der Waals surface area contributed by atoms with Gasteiger partial charge >= 0.3 is 0 Å². The molecule has 8 nitrogen and oxygen atoms in total. The molecule has 4 atom stereocenters. The van der Waals surface area contributed by atoms with Gasteiger partial charge in [-0.2, -0.15) is 4.31 Å². The number of amides is 1. The fraction of sp³-hybridized carbons (Fsp3) is 0.765. The summed E-state index contributed by atoms with van der Waals surface area (Å²) < 4.78 is 34.4. The number of ether oxygens (including phenoxy) is 1. The first-order valence-corrected chi connectivity index (χ1v) is 10.6. The van der Waals surface area contributed by atoms with Crippen LogP contribution in [-0.4, -0.2) is 60.5 Å². The third-order valence-electron chi connectivity index (χ3n) is 5.50. The number of nitrogens with zero attached hydrogens (tertiary/aromatic N) is 3. The highest BCUT2D eigenvalue weighted by Gasteiger charge is 2.46. The molecule has 1 amide bonds. The van der Waals surface area contributed by atoms with Crippen LogP contribution in [0.2, 0.25) is 0 Å². The van der Waals surface area contributed by atoms with Crippen LogP contribution in [-0.2, 0) is 26.6 Å². The van der Waals surface area contributed by atoms with Crippen LogP contribution in [0.1, 0.15) is 32.6 Å². The van der Waals surface area contributed by atoms with Crippen molar-refractivity contribution in [3.05, 3.63) is 12.5 Å². The minimum absolute atomic E-state index is 0.0361. The van der Waals surface area contributed by atoms with Gasteiger partial charge in [-0.05, 0) is 31.1 Å². The van der Waals surface area contributed by atoms with Gasteiger partial charge in [-0.1, -0.05) is 6.92 Å². The molecule has 1 N–H and O–H groups in total. The number of nitrogens with one attached hydrogen (secondary N) is 1. The van der Waals surface area contributed by atoms with E-state index in [2.05, 4.69) is 10.3 Å². The number of carbonyl (C=O) groups excluding carboxylic acids is 1. The summed E-state index contributed by atoms with van der Waals surface area (Å²) >= 11 is 0. The van der Waals surface area contributed by atoms with E-state index in [1.165, 1.54) is 16.8 Å². The number of carbonyl (C=O) groups is 1. The van der Waals surface area contributed by atoms with Gasteiger partial charge in [0.05, 0.1) is 18.5 Å². The molecule has 0 aromatic carbocycles. The number of fused-ring (bicyclic) bond motifs is 1. The van der Waals surface area contributed by atoms with Gasteiger partial charge in [-0.3, -0.25) is 4.79 Å². The van der Waals surface area contributed by atoms with E-state index in [9.17, 15) is 13.2 Å². The first kappa shape index (κ1) is 19.3. The predicted molar refractivity (Wildman–Crippen MR) is 95.8 cm³/mol. The summed E-state index contributed by atoms with van der Waals surface area (Å²) in [7, 11) is -0.170. The van der Waals surface area contributed by atoms with Crippen molar-refractivity contribution in [1.29, 1.82) is 0 Å². The van der Waals surface area contributed by atoms with Crippen LogP contribution in [0.5, 0.6) is 0 Å². The highest BCUT2D eigenvalue weighted by molar-refractivity contribution is 7.89. The molecule has 146 valence electrons. The molecule has 0 radical (unpaired) electrons. The molecule has 0 unspecified atom stereocenters. The second-order valence-corrected chi connectivity index (χ2v) is 9.27. The van der Waals surface area contributed by atoms with Crippen LogP contribution in [0.3, 0.4) is 0 Å². The normalized spacial score (nSPS) is 29.5. The Labute approximate surface area is 155 Å². The van der Waals surface area contributed by atoms with Crippen molar-refractivity contribution in [2.24, 2.45) is 18.9 Å². The van der Waals surface area contributed by atoms with E-state index in [4.69, 9.17) is 4.74 Å². The Kier molecular flexibility index (Phi) is 5.69. The van der Waals surface area contributed by atoms with E-state index in [-0.39, 0.29) is 34.9 Å². The second-order valence-electron chi connectivity index (χ2n) is 7.39. The number of aromatic nitrogens is 2. The minimum Gasteiger partial charge on any atom is -0.379 e. The molecule has 1 saturated heterocycles. The second kappa shape index (κ2) is 7.66. The van der Waals surface area contributed by atoms with Gasteiger partial charge in [-0.25, -0.2) is 13.4 Å². The molecule has 1 aliphatic carbocycles. The molecule has 2 heterocycles. The molecule has 9 heteroatoms. The smallest absolute Gasteiger partial charge is 0.262 e. The number of sulfonamides is 1. The van der Waals surface area contributed by atoms with E-state index < -0.39 is 10.0 Å². The molecule has 2 fully saturated rings. The topological polar surface area (TPSA) is 93.5 Å².